The van der Waals surface area contributed by atoms with Crippen molar-refractivity contribution in [3.63, 3.8) is 0 Å². The summed E-state index contributed by atoms with van der Waals surface area (Å²) in [6, 6.07) is 0.435. The summed E-state index contributed by atoms with van der Waals surface area (Å²) in [5.74, 6) is -7.70. The predicted octanol–water partition coefficient (Wildman–Crippen LogP) is 0.0440. The number of nitrogens with zero attached hydrogens (tertiary/aromatic N) is 3. The average molecular weight is 641 g/mol. The van der Waals surface area contributed by atoms with E-state index in [4.69, 9.17) is 5.73 Å². The summed E-state index contributed by atoms with van der Waals surface area (Å²) in [5.41, 5.74) is 2.56. The molecular formula is C32H44N6O8. The summed E-state index contributed by atoms with van der Waals surface area (Å²) < 4.78 is 0. The van der Waals surface area contributed by atoms with Crippen LogP contribution in [0.5, 0.6) is 5.75 Å². The summed E-state index contributed by atoms with van der Waals surface area (Å²) in [6.07, 6.45) is 3.71. The van der Waals surface area contributed by atoms with Crippen LogP contribution in [0.15, 0.2) is 23.0 Å². The van der Waals surface area contributed by atoms with Gasteiger partial charge in [-0.15, -0.1) is 0 Å². The van der Waals surface area contributed by atoms with E-state index in [1.807, 2.05) is 0 Å². The van der Waals surface area contributed by atoms with E-state index in [1.165, 1.54) is 24.2 Å². The lowest BCUT2D eigenvalue weighted by Crippen LogP contribution is -2.65. The number of phenolic OH excluding ortho intramolecular Hbond substituents is 1. The number of Topliss-reactive ketones (excluding diaryl/α,β-unsaturated/α-hetero) is 2. The molecule has 3 aliphatic carbocycles. The molecule has 14 nitrogen and oxygen atoms in total. The Hall–Kier alpha value is -3.98. The van der Waals surface area contributed by atoms with Crippen LogP contribution in [0.3, 0.4) is 0 Å². The van der Waals surface area contributed by atoms with Gasteiger partial charge in [-0.3, -0.25) is 24.1 Å². The number of carbonyl (C=O) groups excluding carboxylic acids is 4. The van der Waals surface area contributed by atoms with Gasteiger partial charge in [-0.25, -0.2) is 0 Å². The molecule has 0 aromatic heterocycles. The summed E-state index contributed by atoms with van der Waals surface area (Å²) in [7, 11) is 6.63. The molecule has 1 aromatic rings. The third-order valence-electron chi connectivity index (χ3n) is 9.79. The Balaban J connectivity index is 1.49. The number of amides is 2. The molecule has 1 saturated heterocycles. The van der Waals surface area contributed by atoms with Crippen molar-refractivity contribution in [1.82, 2.24) is 15.1 Å². The summed E-state index contributed by atoms with van der Waals surface area (Å²) in [4.78, 5) is 58.1. The van der Waals surface area contributed by atoms with Crippen molar-refractivity contribution < 1.29 is 39.6 Å². The van der Waals surface area contributed by atoms with E-state index < -0.39 is 69.7 Å². The number of likely N-dealkylation sites (tertiary alicyclic amines) is 1. The largest absolute Gasteiger partial charge is 0.508 e. The number of benzene rings is 1. The van der Waals surface area contributed by atoms with Gasteiger partial charge >= 0.3 is 0 Å². The quantitative estimate of drug-likeness (QED) is 0.108. The van der Waals surface area contributed by atoms with Gasteiger partial charge in [0.1, 0.15) is 22.8 Å². The number of aliphatic hydroxyl groups is 3. The highest BCUT2D eigenvalue weighted by Gasteiger charge is 2.64. The molecule has 2 amide bonds. The normalized spacial score (nSPS) is 26.5. The molecule has 0 bridgehead atoms. The number of nitrogens with one attached hydrogen (secondary N) is 2. The highest BCUT2D eigenvalue weighted by atomic mass is 16.3. The number of phenols is 1. The summed E-state index contributed by atoms with van der Waals surface area (Å²) >= 11 is 0. The van der Waals surface area contributed by atoms with Gasteiger partial charge in [0.25, 0.3) is 5.91 Å². The number of aromatic hydroxyl groups is 1. The molecule has 1 heterocycles. The van der Waals surface area contributed by atoms with Crippen molar-refractivity contribution in [1.29, 1.82) is 0 Å². The molecular weight excluding hydrogens is 596 g/mol. The monoisotopic (exact) mass is 640 g/mol. The van der Waals surface area contributed by atoms with Gasteiger partial charge in [-0.2, -0.15) is 0 Å². The van der Waals surface area contributed by atoms with Crippen LogP contribution in [0.25, 0.3) is 5.76 Å². The first-order valence-corrected chi connectivity index (χ1v) is 15.6. The molecule has 1 aliphatic heterocycles. The van der Waals surface area contributed by atoms with Gasteiger partial charge in [-0.1, -0.05) is 6.42 Å². The molecule has 5 rings (SSSR count). The fraction of sp³-hybridized carbons (Fsp3) is 0.562. The van der Waals surface area contributed by atoms with E-state index in [-0.39, 0.29) is 36.2 Å². The number of carbonyl (C=O) groups is 4. The van der Waals surface area contributed by atoms with Crippen molar-refractivity contribution in [2.75, 3.05) is 71.1 Å². The smallest absolute Gasteiger partial charge is 0.255 e. The number of ketones is 2. The van der Waals surface area contributed by atoms with Crippen LogP contribution < -0.4 is 21.3 Å². The highest BCUT2D eigenvalue weighted by Crippen LogP contribution is 2.54. The number of fused-ring (bicyclic) bond motifs is 3. The van der Waals surface area contributed by atoms with Gasteiger partial charge in [0.05, 0.1) is 23.8 Å². The molecule has 0 spiro atoms. The van der Waals surface area contributed by atoms with Crippen LogP contribution in [0.1, 0.15) is 36.8 Å². The summed E-state index contributed by atoms with van der Waals surface area (Å²) in [6.45, 7) is 3.51. The Morgan fingerprint density at radius 1 is 1.09 bits per heavy atom. The molecule has 14 heteroatoms. The molecule has 4 atom stereocenters. The van der Waals surface area contributed by atoms with E-state index >= 15 is 0 Å². The number of piperidine rings is 1. The van der Waals surface area contributed by atoms with Gasteiger partial charge in [0.15, 0.2) is 11.4 Å². The molecule has 46 heavy (non-hydrogen) atoms. The third-order valence-corrected chi connectivity index (χ3v) is 9.79. The number of nitrogens with two attached hydrogens (primary N) is 1. The first-order valence-electron chi connectivity index (χ1n) is 15.6. The zero-order valence-electron chi connectivity index (χ0n) is 26.7. The number of anilines is 2. The first-order chi connectivity index (χ1) is 21.7. The van der Waals surface area contributed by atoms with Crippen molar-refractivity contribution in [2.45, 2.75) is 43.7 Å². The maximum atomic E-state index is 14.1. The first kappa shape index (κ1) is 33.4. The van der Waals surface area contributed by atoms with Gasteiger partial charge < -0.3 is 46.6 Å². The van der Waals surface area contributed by atoms with Gasteiger partial charge in [0, 0.05) is 44.4 Å². The molecule has 8 N–H and O–H groups in total. The molecule has 0 radical (unpaired) electrons. The fourth-order valence-corrected chi connectivity index (χ4v) is 7.60. The minimum absolute atomic E-state index is 0.0106. The van der Waals surface area contributed by atoms with Gasteiger partial charge in [-0.05, 0) is 70.4 Å². The number of hydrogen-bond acceptors (Lipinski definition) is 12. The lowest BCUT2D eigenvalue weighted by atomic mass is 9.57. The third kappa shape index (κ3) is 5.52. The molecule has 4 unspecified atom stereocenters. The van der Waals surface area contributed by atoms with Crippen LogP contribution in [0, 0.1) is 11.8 Å². The van der Waals surface area contributed by atoms with Crippen LogP contribution in [-0.2, 0) is 25.6 Å². The number of rotatable bonds is 9. The minimum atomic E-state index is -2.73. The molecule has 1 aromatic carbocycles. The second-order valence-electron chi connectivity index (χ2n) is 13.1. The zero-order chi connectivity index (χ0) is 33.7. The lowest BCUT2D eigenvalue weighted by molar-refractivity contribution is -0.153. The van der Waals surface area contributed by atoms with Crippen LogP contribution in [0.2, 0.25) is 0 Å². The molecule has 2 fully saturated rings. The standard InChI is InChI=1S/C32H44N6O8/c1-36(2)20-14-19(35-21(39)15-34-8-11-38-9-6-5-7-10-38)26(40)23-17(20)12-16-13-18-25(37(3)4)28(42)24(31(33)45)30(44)32(18,46)29(43)22(16)27(23)41/h14,16,18,25,34,40-41,44,46H,5-13,15H2,1-4H3,(H2,33,45)(H,35,39). The fourth-order valence-electron chi connectivity index (χ4n) is 7.60. The predicted molar refractivity (Wildman–Crippen MR) is 170 cm³/mol. The second-order valence-corrected chi connectivity index (χ2v) is 13.1. The molecule has 250 valence electrons. The van der Waals surface area contributed by atoms with E-state index in [9.17, 15) is 39.6 Å². The van der Waals surface area contributed by atoms with Crippen molar-refractivity contribution in [2.24, 2.45) is 17.6 Å². The minimum Gasteiger partial charge on any atom is -0.508 e. The maximum Gasteiger partial charge on any atom is 0.255 e. The number of aliphatic hydroxyl groups excluding tert-OH is 2. The Bertz CT molecular complexity index is 1530. The second kappa shape index (κ2) is 12.7. The maximum absolute atomic E-state index is 14.1. The Morgan fingerprint density at radius 3 is 2.37 bits per heavy atom. The van der Waals surface area contributed by atoms with E-state index in [0.717, 1.165) is 19.6 Å². The van der Waals surface area contributed by atoms with Crippen molar-refractivity contribution >= 4 is 40.5 Å². The van der Waals surface area contributed by atoms with Crippen LogP contribution in [0.4, 0.5) is 11.4 Å². The average Bonchev–Trinajstić information content (AvgIpc) is 2.98. The Kier molecular flexibility index (Phi) is 9.19. The lowest BCUT2D eigenvalue weighted by Gasteiger charge is -2.50. The Labute approximate surface area is 267 Å². The van der Waals surface area contributed by atoms with Crippen molar-refractivity contribution in [3.05, 3.63) is 34.1 Å². The number of hydrogen-bond donors (Lipinski definition) is 7. The van der Waals surface area contributed by atoms with Crippen molar-refractivity contribution in [3.8, 4) is 5.75 Å². The number of likely N-dealkylation sites (N-methyl/N-ethyl adjacent to an activating group) is 1. The summed E-state index contributed by atoms with van der Waals surface area (Å²) in [5, 5.41) is 51.7. The van der Waals surface area contributed by atoms with Gasteiger partial charge in [0.2, 0.25) is 11.7 Å². The Morgan fingerprint density at radius 2 is 1.76 bits per heavy atom. The highest BCUT2D eigenvalue weighted by molar-refractivity contribution is 6.24. The van der Waals surface area contributed by atoms with E-state index in [1.54, 1.807) is 39.2 Å². The molecule has 4 aliphatic rings. The van der Waals surface area contributed by atoms with E-state index in [2.05, 4.69) is 15.5 Å². The van der Waals surface area contributed by atoms with Crippen LogP contribution in [-0.4, -0.2) is 126 Å². The SMILES string of the molecule is CN(C)c1cc(NC(=O)CNCCN2CCCCC2)c(O)c2c1CC1CC3C(N(C)C)C(=O)C(C(N)=O)=C(O)C3(O)C(=O)C1=C2O. The topological polar surface area (TPSA) is 209 Å². The number of primary amides is 1. The van der Waals surface area contributed by atoms with E-state index in [0.29, 0.717) is 17.8 Å². The van der Waals surface area contributed by atoms with Crippen LogP contribution >= 0.6 is 0 Å². The zero-order valence-corrected chi connectivity index (χ0v) is 26.7. The molecule has 1 saturated carbocycles.